The molecule has 0 spiro atoms. The van der Waals surface area contributed by atoms with Crippen LogP contribution in [0.2, 0.25) is 5.02 Å². The van der Waals surface area contributed by atoms with Crippen LogP contribution in [0.5, 0.6) is 11.5 Å². The molecule has 0 saturated heterocycles. The number of anilines is 1. The lowest BCUT2D eigenvalue weighted by Gasteiger charge is -2.11. The molecule has 0 aliphatic heterocycles. The molecule has 3 heteroatoms. The number of nitrogens with two attached hydrogens (primary N) is 1. The van der Waals surface area contributed by atoms with Crippen molar-refractivity contribution < 1.29 is 4.74 Å². The summed E-state index contributed by atoms with van der Waals surface area (Å²) in [4.78, 5) is 0. The van der Waals surface area contributed by atoms with Crippen LogP contribution in [0.15, 0.2) is 36.4 Å². The molecule has 88 valence electrons. The van der Waals surface area contributed by atoms with Gasteiger partial charge in [0.05, 0.1) is 5.02 Å². The predicted molar refractivity (Wildman–Crippen MR) is 71.9 cm³/mol. The summed E-state index contributed by atoms with van der Waals surface area (Å²) in [5, 5.41) is 0.518. The van der Waals surface area contributed by atoms with Crippen LogP contribution in [0.25, 0.3) is 0 Å². The fourth-order valence-electron chi connectivity index (χ4n) is 1.63. The Hall–Kier alpha value is -1.67. The molecule has 0 atom stereocenters. The van der Waals surface area contributed by atoms with Crippen LogP contribution < -0.4 is 10.5 Å². The standard InChI is InChI=1S/C14H14ClNO/c1-9-3-5-13(10(2)7-9)17-14-6-4-11(16)8-12(14)15/h3-8H,16H2,1-2H3. The van der Waals surface area contributed by atoms with Gasteiger partial charge in [0.15, 0.2) is 0 Å². The highest BCUT2D eigenvalue weighted by Crippen LogP contribution is 2.32. The zero-order valence-electron chi connectivity index (χ0n) is 9.83. The van der Waals surface area contributed by atoms with E-state index >= 15 is 0 Å². The minimum absolute atomic E-state index is 0.518. The van der Waals surface area contributed by atoms with Crippen molar-refractivity contribution in [1.29, 1.82) is 0 Å². The molecule has 0 heterocycles. The molecule has 2 nitrogen and oxygen atoms in total. The summed E-state index contributed by atoms with van der Waals surface area (Å²) in [5.41, 5.74) is 8.55. The minimum Gasteiger partial charge on any atom is -0.456 e. The highest BCUT2D eigenvalue weighted by Gasteiger charge is 2.05. The molecule has 2 aromatic rings. The molecule has 17 heavy (non-hydrogen) atoms. The van der Waals surface area contributed by atoms with Crippen molar-refractivity contribution in [2.24, 2.45) is 0 Å². The molecule has 2 N–H and O–H groups in total. The van der Waals surface area contributed by atoms with Gasteiger partial charge in [-0.25, -0.2) is 0 Å². The first-order valence-electron chi connectivity index (χ1n) is 5.36. The fourth-order valence-corrected chi connectivity index (χ4v) is 1.86. The van der Waals surface area contributed by atoms with Gasteiger partial charge in [0, 0.05) is 5.69 Å². The quantitative estimate of drug-likeness (QED) is 0.802. The Bertz CT molecular complexity index is 502. The molecule has 0 unspecified atom stereocenters. The van der Waals surface area contributed by atoms with Gasteiger partial charge in [0.1, 0.15) is 11.5 Å². The maximum atomic E-state index is 6.06. The molecule has 0 fully saturated rings. The van der Waals surface area contributed by atoms with Gasteiger partial charge in [-0.1, -0.05) is 29.3 Å². The Balaban J connectivity index is 2.31. The molecule has 0 saturated carbocycles. The van der Waals surface area contributed by atoms with Crippen LogP contribution in [-0.2, 0) is 0 Å². The van der Waals surface area contributed by atoms with E-state index < -0.39 is 0 Å². The third kappa shape index (κ3) is 2.71. The summed E-state index contributed by atoms with van der Waals surface area (Å²) in [6.45, 7) is 4.06. The largest absolute Gasteiger partial charge is 0.456 e. The van der Waals surface area contributed by atoms with Crippen LogP contribution in [0, 0.1) is 13.8 Å². The van der Waals surface area contributed by atoms with Crippen molar-refractivity contribution >= 4 is 17.3 Å². The van der Waals surface area contributed by atoms with Gasteiger partial charge in [-0.3, -0.25) is 0 Å². The zero-order chi connectivity index (χ0) is 12.4. The van der Waals surface area contributed by atoms with Gasteiger partial charge in [-0.2, -0.15) is 0 Å². The van der Waals surface area contributed by atoms with E-state index in [1.807, 2.05) is 26.0 Å². The summed E-state index contributed by atoms with van der Waals surface area (Å²) in [6, 6.07) is 11.2. The van der Waals surface area contributed by atoms with Crippen molar-refractivity contribution in [2.75, 3.05) is 5.73 Å². The highest BCUT2D eigenvalue weighted by molar-refractivity contribution is 6.32. The van der Waals surface area contributed by atoms with E-state index in [2.05, 4.69) is 6.07 Å². The van der Waals surface area contributed by atoms with Gasteiger partial charge in [-0.15, -0.1) is 0 Å². The molecule has 0 bridgehead atoms. The van der Waals surface area contributed by atoms with Crippen molar-refractivity contribution in [2.45, 2.75) is 13.8 Å². The molecule has 2 rings (SSSR count). The lowest BCUT2D eigenvalue weighted by Crippen LogP contribution is -1.90. The Kier molecular flexibility index (Phi) is 3.25. The normalized spacial score (nSPS) is 10.3. The smallest absolute Gasteiger partial charge is 0.146 e. The number of hydrogen-bond acceptors (Lipinski definition) is 2. The third-order valence-corrected chi connectivity index (χ3v) is 2.80. The Morgan fingerprint density at radius 1 is 1.00 bits per heavy atom. The lowest BCUT2D eigenvalue weighted by molar-refractivity contribution is 0.479. The summed E-state index contributed by atoms with van der Waals surface area (Å²) in [5.74, 6) is 1.43. The number of benzene rings is 2. The molecule has 0 amide bonds. The molecule has 0 aromatic heterocycles. The average Bonchev–Trinajstić information content (AvgIpc) is 2.25. The summed E-state index contributed by atoms with van der Waals surface area (Å²) in [6.07, 6.45) is 0. The molecule has 0 aliphatic rings. The van der Waals surface area contributed by atoms with Crippen molar-refractivity contribution in [3.05, 3.63) is 52.5 Å². The topological polar surface area (TPSA) is 35.2 Å². The Labute approximate surface area is 106 Å². The third-order valence-electron chi connectivity index (χ3n) is 2.51. The van der Waals surface area contributed by atoms with E-state index in [1.54, 1.807) is 18.2 Å². The maximum Gasteiger partial charge on any atom is 0.146 e. The molecular weight excluding hydrogens is 234 g/mol. The van der Waals surface area contributed by atoms with Crippen LogP contribution in [0.1, 0.15) is 11.1 Å². The maximum absolute atomic E-state index is 6.06. The first-order chi connectivity index (χ1) is 8.06. The van der Waals surface area contributed by atoms with Crippen molar-refractivity contribution in [1.82, 2.24) is 0 Å². The van der Waals surface area contributed by atoms with Crippen molar-refractivity contribution in [3.8, 4) is 11.5 Å². The van der Waals surface area contributed by atoms with E-state index in [-0.39, 0.29) is 0 Å². The number of ether oxygens (including phenoxy) is 1. The van der Waals surface area contributed by atoms with Crippen molar-refractivity contribution in [3.63, 3.8) is 0 Å². The van der Waals surface area contributed by atoms with Gasteiger partial charge in [-0.05, 0) is 43.7 Å². The van der Waals surface area contributed by atoms with E-state index in [9.17, 15) is 0 Å². The number of nitrogen functional groups attached to an aromatic ring is 1. The van der Waals surface area contributed by atoms with Crippen LogP contribution in [0.4, 0.5) is 5.69 Å². The molecular formula is C14H14ClNO. The van der Waals surface area contributed by atoms with E-state index in [0.29, 0.717) is 16.5 Å². The van der Waals surface area contributed by atoms with E-state index in [1.165, 1.54) is 5.56 Å². The highest BCUT2D eigenvalue weighted by atomic mass is 35.5. The predicted octanol–water partition coefficient (Wildman–Crippen LogP) is 4.33. The molecule has 2 aromatic carbocycles. The number of halogens is 1. The van der Waals surface area contributed by atoms with Gasteiger partial charge in [0.2, 0.25) is 0 Å². The lowest BCUT2D eigenvalue weighted by atomic mass is 10.1. The summed E-state index contributed by atoms with van der Waals surface area (Å²) >= 11 is 6.06. The fraction of sp³-hybridized carbons (Fsp3) is 0.143. The summed E-state index contributed by atoms with van der Waals surface area (Å²) < 4.78 is 5.76. The number of hydrogen-bond donors (Lipinski definition) is 1. The Morgan fingerprint density at radius 2 is 1.71 bits per heavy atom. The number of aryl methyl sites for hydroxylation is 2. The first-order valence-corrected chi connectivity index (χ1v) is 5.74. The summed E-state index contributed by atoms with van der Waals surface area (Å²) in [7, 11) is 0. The van der Waals surface area contributed by atoms with Crippen LogP contribution in [-0.4, -0.2) is 0 Å². The first kappa shape index (κ1) is 11.8. The second-order valence-corrected chi connectivity index (χ2v) is 4.47. The average molecular weight is 248 g/mol. The van der Waals surface area contributed by atoms with E-state index in [0.717, 1.165) is 11.3 Å². The van der Waals surface area contributed by atoms with Crippen LogP contribution >= 0.6 is 11.6 Å². The van der Waals surface area contributed by atoms with Gasteiger partial charge in [0.25, 0.3) is 0 Å². The monoisotopic (exact) mass is 247 g/mol. The second-order valence-electron chi connectivity index (χ2n) is 4.06. The zero-order valence-corrected chi connectivity index (χ0v) is 10.6. The van der Waals surface area contributed by atoms with Crippen LogP contribution in [0.3, 0.4) is 0 Å². The van der Waals surface area contributed by atoms with Gasteiger partial charge >= 0.3 is 0 Å². The minimum atomic E-state index is 0.518. The second kappa shape index (κ2) is 4.68. The molecule has 0 radical (unpaired) electrons. The Morgan fingerprint density at radius 3 is 2.35 bits per heavy atom. The van der Waals surface area contributed by atoms with E-state index in [4.69, 9.17) is 22.1 Å². The SMILES string of the molecule is Cc1ccc(Oc2ccc(N)cc2Cl)c(C)c1. The van der Waals surface area contributed by atoms with Gasteiger partial charge < -0.3 is 10.5 Å². The number of rotatable bonds is 2. The molecule has 0 aliphatic carbocycles.